The average Bonchev–Trinajstić information content (AvgIpc) is 2.31. The smallest absolute Gasteiger partial charge is 0.326 e. The van der Waals surface area contributed by atoms with E-state index in [-0.39, 0.29) is 18.9 Å². The van der Waals surface area contributed by atoms with E-state index in [9.17, 15) is 14.4 Å². The molecule has 0 fully saturated rings. The van der Waals surface area contributed by atoms with Crippen LogP contribution in [0.2, 0.25) is 0 Å². The first kappa shape index (κ1) is 17.6. The van der Waals surface area contributed by atoms with Gasteiger partial charge in [0.2, 0.25) is 0 Å². The van der Waals surface area contributed by atoms with Crippen molar-refractivity contribution in [3.8, 4) is 0 Å². The van der Waals surface area contributed by atoms with Crippen LogP contribution in [0.3, 0.4) is 0 Å². The first-order valence-corrected chi connectivity index (χ1v) is 7.26. The molecular weight excluding hydrogens is 272 g/mol. The van der Waals surface area contributed by atoms with Crippen LogP contribution in [0.25, 0.3) is 0 Å². The third kappa shape index (κ3) is 9.18. The highest BCUT2D eigenvalue weighted by Crippen LogP contribution is 2.01. The monoisotopic (exact) mass is 292 g/mol. The quantitative estimate of drug-likeness (QED) is 0.498. The molecule has 0 aromatic carbocycles. The predicted octanol–water partition coefficient (Wildman–Crippen LogP) is 0.745. The van der Waals surface area contributed by atoms with Crippen molar-refractivity contribution in [3.63, 3.8) is 0 Å². The van der Waals surface area contributed by atoms with Gasteiger partial charge < -0.3 is 20.8 Å². The predicted molar refractivity (Wildman–Crippen MR) is 72.4 cm³/mol. The Labute approximate surface area is 116 Å². The van der Waals surface area contributed by atoms with Crippen molar-refractivity contribution in [2.75, 3.05) is 12.0 Å². The van der Waals surface area contributed by atoms with E-state index in [0.717, 1.165) is 12.2 Å². The lowest BCUT2D eigenvalue weighted by molar-refractivity contribution is -0.140. The molecule has 110 valence electrons. The number of nitrogens with one attached hydrogen (secondary N) is 2. The van der Waals surface area contributed by atoms with Crippen LogP contribution in [0.5, 0.6) is 0 Å². The van der Waals surface area contributed by atoms with E-state index in [4.69, 9.17) is 10.2 Å². The molecule has 0 aromatic heterocycles. The molecule has 0 rings (SSSR count). The SMILES string of the molecule is CSCCC(C)NC(=O)NC(CCC(=O)O)C(=O)O. The van der Waals surface area contributed by atoms with Crippen LogP contribution in [0.4, 0.5) is 4.79 Å². The van der Waals surface area contributed by atoms with E-state index in [1.807, 2.05) is 13.2 Å². The van der Waals surface area contributed by atoms with E-state index >= 15 is 0 Å². The molecule has 0 aliphatic rings. The summed E-state index contributed by atoms with van der Waals surface area (Å²) in [5.41, 5.74) is 0. The molecule has 0 radical (unpaired) electrons. The van der Waals surface area contributed by atoms with Gasteiger partial charge in [-0.1, -0.05) is 0 Å². The van der Waals surface area contributed by atoms with Crippen molar-refractivity contribution in [2.45, 2.75) is 38.3 Å². The molecule has 2 atom stereocenters. The Balaban J connectivity index is 4.16. The van der Waals surface area contributed by atoms with Crippen LogP contribution in [0.15, 0.2) is 0 Å². The highest BCUT2D eigenvalue weighted by atomic mass is 32.2. The number of hydrogen-bond acceptors (Lipinski definition) is 4. The number of thioether (sulfide) groups is 1. The van der Waals surface area contributed by atoms with E-state index in [1.165, 1.54) is 0 Å². The van der Waals surface area contributed by atoms with Crippen LogP contribution < -0.4 is 10.6 Å². The van der Waals surface area contributed by atoms with Gasteiger partial charge in [-0.15, -0.1) is 0 Å². The maximum Gasteiger partial charge on any atom is 0.326 e. The first-order chi connectivity index (χ1) is 8.86. The van der Waals surface area contributed by atoms with Gasteiger partial charge in [-0.2, -0.15) is 11.8 Å². The van der Waals surface area contributed by atoms with Gasteiger partial charge in [0, 0.05) is 12.5 Å². The molecule has 2 unspecified atom stereocenters. The van der Waals surface area contributed by atoms with Crippen LogP contribution >= 0.6 is 11.8 Å². The third-order valence-electron chi connectivity index (χ3n) is 2.38. The number of carbonyl (C=O) groups is 3. The maximum atomic E-state index is 11.5. The summed E-state index contributed by atoms with van der Waals surface area (Å²) in [7, 11) is 0. The topological polar surface area (TPSA) is 116 Å². The Morgan fingerprint density at radius 2 is 1.79 bits per heavy atom. The van der Waals surface area contributed by atoms with Crippen LogP contribution in [-0.4, -0.2) is 52.3 Å². The Morgan fingerprint density at radius 1 is 1.16 bits per heavy atom. The fourth-order valence-corrected chi connectivity index (χ4v) is 1.90. The minimum Gasteiger partial charge on any atom is -0.481 e. The Morgan fingerprint density at radius 3 is 2.26 bits per heavy atom. The molecule has 7 nitrogen and oxygen atoms in total. The number of carboxylic acids is 2. The zero-order chi connectivity index (χ0) is 14.8. The second-order valence-corrected chi connectivity index (χ2v) is 5.11. The minimum atomic E-state index is -1.24. The van der Waals surface area contributed by atoms with Crippen LogP contribution in [0, 0.1) is 0 Å². The van der Waals surface area contributed by atoms with E-state index in [0.29, 0.717) is 0 Å². The summed E-state index contributed by atoms with van der Waals surface area (Å²) in [5.74, 6) is -1.45. The maximum absolute atomic E-state index is 11.5. The molecule has 0 bridgehead atoms. The van der Waals surface area contributed by atoms with Gasteiger partial charge in [-0.25, -0.2) is 9.59 Å². The number of carbonyl (C=O) groups excluding carboxylic acids is 1. The molecule has 0 saturated heterocycles. The fourth-order valence-electron chi connectivity index (χ4n) is 1.32. The molecule has 0 aromatic rings. The lowest BCUT2D eigenvalue weighted by Crippen LogP contribution is -2.48. The van der Waals surface area contributed by atoms with Gasteiger partial charge in [0.05, 0.1) is 0 Å². The van der Waals surface area contributed by atoms with E-state index in [2.05, 4.69) is 10.6 Å². The molecule has 0 heterocycles. The summed E-state index contributed by atoms with van der Waals surface area (Å²) in [6, 6.07) is -1.85. The Hall–Kier alpha value is -1.44. The number of hydrogen-bond donors (Lipinski definition) is 4. The van der Waals surface area contributed by atoms with Gasteiger partial charge in [0.25, 0.3) is 0 Å². The summed E-state index contributed by atoms with van der Waals surface area (Å²) < 4.78 is 0. The highest BCUT2D eigenvalue weighted by Gasteiger charge is 2.21. The van der Waals surface area contributed by atoms with E-state index < -0.39 is 24.0 Å². The van der Waals surface area contributed by atoms with E-state index in [1.54, 1.807) is 11.8 Å². The molecule has 0 spiro atoms. The van der Waals surface area contributed by atoms with Gasteiger partial charge >= 0.3 is 18.0 Å². The molecule has 0 aliphatic heterocycles. The highest BCUT2D eigenvalue weighted by molar-refractivity contribution is 7.98. The number of carboxylic acid groups (broad SMARTS) is 2. The second-order valence-electron chi connectivity index (χ2n) is 4.12. The zero-order valence-electron chi connectivity index (χ0n) is 11.0. The Bertz CT molecular complexity index is 324. The van der Waals surface area contributed by atoms with Crippen LogP contribution in [0.1, 0.15) is 26.2 Å². The standard InChI is InChI=1S/C11H20N2O5S/c1-7(5-6-19-2)12-11(18)13-8(10(16)17)3-4-9(14)15/h7-8H,3-6H2,1-2H3,(H,14,15)(H,16,17)(H2,12,13,18). The summed E-state index contributed by atoms with van der Waals surface area (Å²) in [6.45, 7) is 1.82. The molecule has 2 amide bonds. The first-order valence-electron chi connectivity index (χ1n) is 5.87. The summed E-state index contributed by atoms with van der Waals surface area (Å²) >= 11 is 1.66. The average molecular weight is 292 g/mol. The molecule has 0 aliphatic carbocycles. The summed E-state index contributed by atoms with van der Waals surface area (Å²) in [5, 5.41) is 22.2. The third-order valence-corrected chi connectivity index (χ3v) is 3.03. The van der Waals surface area contributed by atoms with Crippen molar-refractivity contribution in [3.05, 3.63) is 0 Å². The number of amides is 2. The van der Waals surface area contributed by atoms with Crippen molar-refractivity contribution in [1.82, 2.24) is 10.6 Å². The van der Waals surface area contributed by atoms with Crippen molar-refractivity contribution >= 4 is 29.7 Å². The lowest BCUT2D eigenvalue weighted by atomic mass is 10.1. The minimum absolute atomic E-state index is 0.0682. The molecule has 19 heavy (non-hydrogen) atoms. The van der Waals surface area contributed by atoms with Gasteiger partial charge in [0.15, 0.2) is 0 Å². The largest absolute Gasteiger partial charge is 0.481 e. The molecule has 4 N–H and O–H groups in total. The number of aliphatic carboxylic acids is 2. The van der Waals surface area contributed by atoms with Gasteiger partial charge in [0.1, 0.15) is 6.04 Å². The van der Waals surface area contributed by atoms with Crippen molar-refractivity contribution in [1.29, 1.82) is 0 Å². The zero-order valence-corrected chi connectivity index (χ0v) is 11.8. The number of rotatable bonds is 9. The molecule has 8 heteroatoms. The second kappa shape index (κ2) is 9.48. The summed E-state index contributed by atoms with van der Waals surface area (Å²) in [6.07, 6.45) is 2.29. The Kier molecular flexibility index (Phi) is 8.77. The van der Waals surface area contributed by atoms with Gasteiger partial charge in [-0.3, -0.25) is 4.79 Å². The lowest BCUT2D eigenvalue weighted by Gasteiger charge is -2.17. The van der Waals surface area contributed by atoms with Crippen molar-refractivity contribution < 1.29 is 24.6 Å². The van der Waals surface area contributed by atoms with Crippen LogP contribution in [-0.2, 0) is 9.59 Å². The van der Waals surface area contributed by atoms with Crippen molar-refractivity contribution in [2.24, 2.45) is 0 Å². The fraction of sp³-hybridized carbons (Fsp3) is 0.727. The van der Waals surface area contributed by atoms with Gasteiger partial charge in [-0.05, 0) is 31.8 Å². The number of urea groups is 1. The summed E-state index contributed by atoms with van der Waals surface area (Å²) in [4.78, 5) is 32.8. The normalized spacial score (nSPS) is 13.4. The molecule has 0 saturated carbocycles. The molecular formula is C11H20N2O5S.